The Bertz CT molecular complexity index is 1380. The summed E-state index contributed by atoms with van der Waals surface area (Å²) in [4.78, 5) is 34.0. The summed E-state index contributed by atoms with van der Waals surface area (Å²) in [5.41, 5.74) is 1.03. The summed E-state index contributed by atoms with van der Waals surface area (Å²) in [5.74, 6) is -2.86. The number of carbonyl (C=O) groups is 2. The van der Waals surface area contributed by atoms with E-state index >= 15 is 0 Å². The number of rotatable bonds is 8. The van der Waals surface area contributed by atoms with Crippen LogP contribution in [0.5, 0.6) is 5.75 Å². The molecule has 0 spiro atoms. The Morgan fingerprint density at radius 1 is 1.08 bits per heavy atom. The molecule has 38 heavy (non-hydrogen) atoms. The fraction of sp³-hybridized carbons (Fsp3) is 0.185. The van der Waals surface area contributed by atoms with Crippen molar-refractivity contribution in [3.8, 4) is 17.0 Å². The molecule has 0 aliphatic heterocycles. The van der Waals surface area contributed by atoms with Crippen molar-refractivity contribution < 1.29 is 31.9 Å². The number of ether oxygens (including phenoxy) is 1. The van der Waals surface area contributed by atoms with E-state index in [0.717, 1.165) is 18.2 Å². The summed E-state index contributed by atoms with van der Waals surface area (Å²) in [6.07, 6.45) is -1.57. The van der Waals surface area contributed by atoms with E-state index in [0.29, 0.717) is 23.5 Å². The lowest BCUT2D eigenvalue weighted by Crippen LogP contribution is -2.28. The van der Waals surface area contributed by atoms with E-state index in [1.807, 2.05) is 6.92 Å². The first-order chi connectivity index (χ1) is 18.0. The number of alkyl halides is 3. The number of aliphatic imine (C=N–C) groups is 1. The van der Waals surface area contributed by atoms with Gasteiger partial charge in [0.2, 0.25) is 0 Å². The lowest BCUT2D eigenvalue weighted by Gasteiger charge is -2.16. The zero-order valence-electron chi connectivity index (χ0n) is 20.7. The topological polar surface area (TPSA) is 92.7 Å². The molecule has 0 aliphatic carbocycles. The van der Waals surface area contributed by atoms with Gasteiger partial charge in [-0.2, -0.15) is 0 Å². The normalized spacial score (nSPS) is 12.2. The standard InChI is InChI=1S/C27H24F4N4O3/c1-4-7-22(16(2)32-3)35-26(37)20-14-17(10-13-24(20)38-27(29,30)31)25(36)34-18-11-12-23(33-15-18)19-8-5-6-9-21(19)28/h5-15H,4H2,1-3H3,(H,34,36)(H,35,37)/b22-7+,32-16?. The molecule has 1 aromatic heterocycles. The summed E-state index contributed by atoms with van der Waals surface area (Å²) in [6, 6.07) is 12.0. The van der Waals surface area contributed by atoms with Crippen LogP contribution in [-0.2, 0) is 0 Å². The predicted octanol–water partition coefficient (Wildman–Crippen LogP) is 6.15. The van der Waals surface area contributed by atoms with E-state index in [1.165, 1.54) is 31.4 Å². The number of allylic oxidation sites excluding steroid dienone is 2. The maximum absolute atomic E-state index is 14.0. The first-order valence-electron chi connectivity index (χ1n) is 11.4. The van der Waals surface area contributed by atoms with Gasteiger partial charge in [0.25, 0.3) is 11.8 Å². The van der Waals surface area contributed by atoms with Crippen LogP contribution in [0.3, 0.4) is 0 Å². The van der Waals surface area contributed by atoms with Crippen LogP contribution in [0.4, 0.5) is 23.2 Å². The maximum atomic E-state index is 14.0. The Kier molecular flexibility index (Phi) is 8.95. The lowest BCUT2D eigenvalue weighted by molar-refractivity contribution is -0.274. The minimum atomic E-state index is -5.06. The zero-order valence-corrected chi connectivity index (χ0v) is 20.7. The second-order valence-corrected chi connectivity index (χ2v) is 7.91. The van der Waals surface area contributed by atoms with Gasteiger partial charge in [0.1, 0.15) is 11.6 Å². The molecular formula is C27H24F4N4O3. The molecule has 0 atom stereocenters. The van der Waals surface area contributed by atoms with Crippen molar-refractivity contribution in [1.82, 2.24) is 10.3 Å². The first-order valence-corrected chi connectivity index (χ1v) is 11.4. The Balaban J connectivity index is 1.88. The highest BCUT2D eigenvalue weighted by Crippen LogP contribution is 2.28. The summed E-state index contributed by atoms with van der Waals surface area (Å²) in [5, 5.41) is 5.08. The van der Waals surface area contributed by atoms with Gasteiger partial charge in [-0.3, -0.25) is 19.6 Å². The molecule has 198 valence electrons. The molecule has 0 fully saturated rings. The van der Waals surface area contributed by atoms with Crippen LogP contribution in [-0.4, -0.2) is 35.9 Å². The average molecular weight is 529 g/mol. The van der Waals surface area contributed by atoms with Gasteiger partial charge in [-0.1, -0.05) is 25.1 Å². The second-order valence-electron chi connectivity index (χ2n) is 7.91. The van der Waals surface area contributed by atoms with Crippen molar-refractivity contribution in [2.75, 3.05) is 12.4 Å². The molecule has 0 saturated carbocycles. The quantitative estimate of drug-likeness (QED) is 0.271. The van der Waals surface area contributed by atoms with E-state index in [2.05, 4.69) is 25.3 Å². The fourth-order valence-corrected chi connectivity index (χ4v) is 3.37. The highest BCUT2D eigenvalue weighted by molar-refractivity contribution is 6.09. The number of hydrogen-bond donors (Lipinski definition) is 2. The van der Waals surface area contributed by atoms with E-state index < -0.39 is 35.3 Å². The molecule has 0 unspecified atom stereocenters. The molecule has 11 heteroatoms. The van der Waals surface area contributed by atoms with Crippen molar-refractivity contribution in [2.45, 2.75) is 26.6 Å². The number of amides is 2. The molecule has 2 amide bonds. The summed E-state index contributed by atoms with van der Waals surface area (Å²) in [6.45, 7) is 3.44. The van der Waals surface area contributed by atoms with Crippen molar-refractivity contribution >= 4 is 23.2 Å². The van der Waals surface area contributed by atoms with Gasteiger partial charge in [0.05, 0.1) is 34.6 Å². The maximum Gasteiger partial charge on any atom is 0.573 e. The van der Waals surface area contributed by atoms with Gasteiger partial charge in [-0.15, -0.1) is 13.2 Å². The number of anilines is 1. The number of nitrogens with zero attached hydrogens (tertiary/aromatic N) is 2. The Labute approximate surface area is 216 Å². The van der Waals surface area contributed by atoms with Gasteiger partial charge in [0, 0.05) is 18.2 Å². The Morgan fingerprint density at radius 2 is 1.82 bits per heavy atom. The van der Waals surface area contributed by atoms with Gasteiger partial charge in [0.15, 0.2) is 0 Å². The van der Waals surface area contributed by atoms with Gasteiger partial charge in [-0.25, -0.2) is 4.39 Å². The first kappa shape index (κ1) is 28.0. The highest BCUT2D eigenvalue weighted by atomic mass is 19.4. The van der Waals surface area contributed by atoms with Crippen LogP contribution in [0, 0.1) is 5.82 Å². The monoisotopic (exact) mass is 528 g/mol. The number of hydrogen-bond acceptors (Lipinski definition) is 5. The zero-order chi connectivity index (χ0) is 27.9. The van der Waals surface area contributed by atoms with E-state index in [-0.39, 0.29) is 16.8 Å². The highest BCUT2D eigenvalue weighted by Gasteiger charge is 2.33. The van der Waals surface area contributed by atoms with E-state index in [9.17, 15) is 27.2 Å². The molecule has 7 nitrogen and oxygen atoms in total. The number of aromatic nitrogens is 1. The average Bonchev–Trinajstić information content (AvgIpc) is 2.88. The number of halogens is 4. The van der Waals surface area contributed by atoms with Crippen LogP contribution < -0.4 is 15.4 Å². The third-order valence-corrected chi connectivity index (χ3v) is 5.26. The minimum Gasteiger partial charge on any atom is -0.405 e. The second kappa shape index (κ2) is 12.1. The van der Waals surface area contributed by atoms with Crippen molar-refractivity contribution in [3.63, 3.8) is 0 Å². The van der Waals surface area contributed by atoms with Gasteiger partial charge < -0.3 is 15.4 Å². The molecule has 1 heterocycles. The lowest BCUT2D eigenvalue weighted by atomic mass is 10.1. The molecule has 0 saturated heterocycles. The van der Waals surface area contributed by atoms with Crippen LogP contribution in [0.1, 0.15) is 41.0 Å². The molecule has 3 rings (SSSR count). The molecule has 3 aromatic rings. The minimum absolute atomic E-state index is 0.107. The van der Waals surface area contributed by atoms with E-state index in [4.69, 9.17) is 0 Å². The third kappa shape index (κ3) is 7.25. The van der Waals surface area contributed by atoms with Crippen molar-refractivity contribution in [3.05, 3.63) is 89.5 Å². The molecule has 0 bridgehead atoms. The fourth-order valence-electron chi connectivity index (χ4n) is 3.37. The molecule has 2 aromatic carbocycles. The number of benzene rings is 2. The van der Waals surface area contributed by atoms with Gasteiger partial charge in [-0.05, 0) is 55.8 Å². The molecular weight excluding hydrogens is 504 g/mol. The Morgan fingerprint density at radius 3 is 2.42 bits per heavy atom. The van der Waals surface area contributed by atoms with Gasteiger partial charge >= 0.3 is 6.36 Å². The van der Waals surface area contributed by atoms with Crippen LogP contribution >= 0.6 is 0 Å². The largest absolute Gasteiger partial charge is 0.573 e. The van der Waals surface area contributed by atoms with Crippen LogP contribution in [0.25, 0.3) is 11.3 Å². The summed E-state index contributed by atoms with van der Waals surface area (Å²) < 4.78 is 57.0. The van der Waals surface area contributed by atoms with Crippen LogP contribution in [0.2, 0.25) is 0 Å². The number of pyridine rings is 1. The summed E-state index contributed by atoms with van der Waals surface area (Å²) >= 11 is 0. The van der Waals surface area contributed by atoms with Crippen LogP contribution in [0.15, 0.2) is 77.6 Å². The Hall–Kier alpha value is -4.54. The molecule has 0 aliphatic rings. The SMILES string of the molecule is CC/C=C(/NC(=O)c1cc(C(=O)Nc2ccc(-c3ccccc3F)nc2)ccc1OC(F)(F)F)C(C)=NC. The van der Waals surface area contributed by atoms with Crippen molar-refractivity contribution in [2.24, 2.45) is 4.99 Å². The third-order valence-electron chi connectivity index (χ3n) is 5.26. The van der Waals surface area contributed by atoms with Crippen molar-refractivity contribution in [1.29, 1.82) is 0 Å². The molecule has 0 radical (unpaired) electrons. The predicted molar refractivity (Wildman–Crippen MR) is 136 cm³/mol. The summed E-state index contributed by atoms with van der Waals surface area (Å²) in [7, 11) is 1.51. The smallest absolute Gasteiger partial charge is 0.405 e. The molecule has 2 N–H and O–H groups in total. The number of nitrogens with one attached hydrogen (secondary N) is 2. The number of carbonyl (C=O) groups excluding carboxylic acids is 2. The van der Waals surface area contributed by atoms with E-state index in [1.54, 1.807) is 31.2 Å².